The molecule has 0 unspecified atom stereocenters. The van der Waals surface area contributed by atoms with Crippen LogP contribution in [-0.2, 0) is 16.0 Å². The number of hydrogen-bond donors (Lipinski definition) is 1. The summed E-state index contributed by atoms with van der Waals surface area (Å²) in [7, 11) is 1.53. The fourth-order valence-corrected chi connectivity index (χ4v) is 3.69. The van der Waals surface area contributed by atoms with E-state index in [2.05, 4.69) is 9.97 Å². The van der Waals surface area contributed by atoms with Crippen LogP contribution in [0.1, 0.15) is 18.7 Å². The number of aromatic amines is 1. The van der Waals surface area contributed by atoms with Gasteiger partial charge in [-0.3, -0.25) is 9.59 Å². The third-order valence-corrected chi connectivity index (χ3v) is 5.01. The van der Waals surface area contributed by atoms with Crippen molar-refractivity contribution >= 4 is 17.2 Å². The van der Waals surface area contributed by atoms with Crippen molar-refractivity contribution in [3.63, 3.8) is 0 Å². The van der Waals surface area contributed by atoms with E-state index < -0.39 is 0 Å². The van der Waals surface area contributed by atoms with Gasteiger partial charge in [0.25, 0.3) is 5.56 Å². The van der Waals surface area contributed by atoms with Crippen LogP contribution in [0.2, 0.25) is 0 Å². The van der Waals surface area contributed by atoms with Gasteiger partial charge in [0.05, 0.1) is 5.69 Å². The Morgan fingerprint density at radius 2 is 2.25 bits per heavy atom. The van der Waals surface area contributed by atoms with Crippen LogP contribution < -0.4 is 5.56 Å². The van der Waals surface area contributed by atoms with Gasteiger partial charge in [0.15, 0.2) is 0 Å². The van der Waals surface area contributed by atoms with Crippen LogP contribution in [-0.4, -0.2) is 47.6 Å². The van der Waals surface area contributed by atoms with Crippen molar-refractivity contribution in [1.82, 2.24) is 14.9 Å². The number of carbonyl (C=O) groups is 1. The SMILES string of the molecule is COCC(=O)N1CCC(Cc2nc(-c3ccsc3)cc(=O)[nH]2)CC1. The van der Waals surface area contributed by atoms with Gasteiger partial charge in [-0.05, 0) is 30.2 Å². The maximum Gasteiger partial charge on any atom is 0.251 e. The van der Waals surface area contributed by atoms with Crippen molar-refractivity contribution < 1.29 is 9.53 Å². The summed E-state index contributed by atoms with van der Waals surface area (Å²) in [4.78, 5) is 33.0. The first-order valence-corrected chi connectivity index (χ1v) is 8.99. The molecular formula is C17H21N3O3S. The molecule has 0 aromatic carbocycles. The number of nitrogens with zero attached hydrogens (tertiary/aromatic N) is 2. The summed E-state index contributed by atoms with van der Waals surface area (Å²) < 4.78 is 4.90. The third kappa shape index (κ3) is 4.10. The van der Waals surface area contributed by atoms with Gasteiger partial charge < -0.3 is 14.6 Å². The van der Waals surface area contributed by atoms with Crippen LogP contribution in [0.3, 0.4) is 0 Å². The van der Waals surface area contributed by atoms with E-state index in [9.17, 15) is 9.59 Å². The van der Waals surface area contributed by atoms with E-state index in [-0.39, 0.29) is 18.1 Å². The number of amides is 1. The molecule has 24 heavy (non-hydrogen) atoms. The Labute approximate surface area is 144 Å². The van der Waals surface area contributed by atoms with Crippen molar-refractivity contribution in [3.8, 4) is 11.3 Å². The topological polar surface area (TPSA) is 75.3 Å². The smallest absolute Gasteiger partial charge is 0.251 e. The molecule has 0 aliphatic carbocycles. The first kappa shape index (κ1) is 16.9. The summed E-state index contributed by atoms with van der Waals surface area (Å²) in [5.74, 6) is 1.20. The predicted molar refractivity (Wildman–Crippen MR) is 93.1 cm³/mol. The summed E-state index contributed by atoms with van der Waals surface area (Å²) in [6.07, 6.45) is 2.57. The molecule has 7 heteroatoms. The second kappa shape index (κ2) is 7.72. The standard InChI is InChI=1S/C17H21N3O3S/c1-23-10-17(22)20-5-2-12(3-6-20)8-15-18-14(9-16(21)19-15)13-4-7-24-11-13/h4,7,9,11-12H,2-3,5-6,8,10H2,1H3,(H,18,19,21). The predicted octanol–water partition coefficient (Wildman–Crippen LogP) is 1.93. The Morgan fingerprint density at radius 3 is 2.92 bits per heavy atom. The monoisotopic (exact) mass is 347 g/mol. The summed E-state index contributed by atoms with van der Waals surface area (Å²) in [5, 5.41) is 3.97. The van der Waals surface area contributed by atoms with Crippen LogP contribution in [0, 0.1) is 5.92 Å². The van der Waals surface area contributed by atoms with Crippen LogP contribution in [0.25, 0.3) is 11.3 Å². The van der Waals surface area contributed by atoms with Crippen molar-refractivity contribution in [2.24, 2.45) is 5.92 Å². The highest BCUT2D eigenvalue weighted by Gasteiger charge is 2.23. The largest absolute Gasteiger partial charge is 0.375 e. The number of nitrogens with one attached hydrogen (secondary N) is 1. The molecule has 0 spiro atoms. The molecule has 2 aromatic rings. The Kier molecular flexibility index (Phi) is 5.42. The van der Waals surface area contributed by atoms with E-state index in [0.29, 0.717) is 5.92 Å². The number of thiophene rings is 1. The minimum absolute atomic E-state index is 0.0435. The molecule has 1 aliphatic rings. The first-order chi connectivity index (χ1) is 11.7. The molecule has 1 fully saturated rings. The van der Waals surface area contributed by atoms with E-state index >= 15 is 0 Å². The van der Waals surface area contributed by atoms with Gasteiger partial charge in [0.2, 0.25) is 5.91 Å². The number of carbonyl (C=O) groups excluding carboxylic acids is 1. The van der Waals surface area contributed by atoms with Gasteiger partial charge in [-0.25, -0.2) is 4.98 Å². The lowest BCUT2D eigenvalue weighted by Gasteiger charge is -2.31. The second-order valence-electron chi connectivity index (χ2n) is 6.05. The second-order valence-corrected chi connectivity index (χ2v) is 6.83. The van der Waals surface area contributed by atoms with Gasteiger partial charge in [0, 0.05) is 43.6 Å². The number of hydrogen-bond acceptors (Lipinski definition) is 5. The lowest BCUT2D eigenvalue weighted by molar-refractivity contribution is -0.136. The summed E-state index contributed by atoms with van der Waals surface area (Å²) in [6.45, 7) is 1.62. The lowest BCUT2D eigenvalue weighted by Crippen LogP contribution is -2.40. The maximum absolute atomic E-state index is 11.9. The number of piperidine rings is 1. The van der Waals surface area contributed by atoms with Crippen molar-refractivity contribution in [1.29, 1.82) is 0 Å². The molecule has 1 saturated heterocycles. The molecule has 1 N–H and O–H groups in total. The van der Waals surface area contributed by atoms with E-state index in [1.807, 2.05) is 21.7 Å². The molecule has 128 valence electrons. The van der Waals surface area contributed by atoms with Crippen molar-refractivity contribution in [2.75, 3.05) is 26.8 Å². The van der Waals surface area contributed by atoms with E-state index in [1.165, 1.54) is 13.2 Å². The highest BCUT2D eigenvalue weighted by molar-refractivity contribution is 7.08. The fraction of sp³-hybridized carbons (Fsp3) is 0.471. The number of H-pyrrole nitrogens is 1. The van der Waals surface area contributed by atoms with Gasteiger partial charge in [-0.15, -0.1) is 0 Å². The molecule has 2 aromatic heterocycles. The molecule has 3 rings (SSSR count). The number of likely N-dealkylation sites (tertiary alicyclic amines) is 1. The summed E-state index contributed by atoms with van der Waals surface area (Å²) in [6, 6.07) is 3.51. The molecule has 6 nitrogen and oxygen atoms in total. The maximum atomic E-state index is 11.9. The fourth-order valence-electron chi connectivity index (χ4n) is 3.04. The number of methoxy groups -OCH3 is 1. The van der Waals surface area contributed by atoms with Gasteiger partial charge in [0.1, 0.15) is 12.4 Å². The number of rotatable bonds is 5. The number of aromatic nitrogens is 2. The van der Waals surface area contributed by atoms with Gasteiger partial charge in [-0.2, -0.15) is 11.3 Å². The average Bonchev–Trinajstić information content (AvgIpc) is 3.10. The molecular weight excluding hydrogens is 326 g/mol. The minimum Gasteiger partial charge on any atom is -0.375 e. The molecule has 0 atom stereocenters. The van der Waals surface area contributed by atoms with E-state index in [1.54, 1.807) is 11.3 Å². The molecule has 0 bridgehead atoms. The van der Waals surface area contributed by atoms with E-state index in [0.717, 1.165) is 49.4 Å². The Hall–Kier alpha value is -1.99. The van der Waals surface area contributed by atoms with Crippen LogP contribution in [0.4, 0.5) is 0 Å². The van der Waals surface area contributed by atoms with Gasteiger partial charge >= 0.3 is 0 Å². The van der Waals surface area contributed by atoms with Crippen LogP contribution in [0.5, 0.6) is 0 Å². The molecule has 1 amide bonds. The zero-order valence-electron chi connectivity index (χ0n) is 13.7. The molecule has 0 radical (unpaired) electrons. The van der Waals surface area contributed by atoms with E-state index in [4.69, 9.17) is 4.74 Å². The number of ether oxygens (including phenoxy) is 1. The highest BCUT2D eigenvalue weighted by atomic mass is 32.1. The van der Waals surface area contributed by atoms with Crippen LogP contribution in [0.15, 0.2) is 27.7 Å². The molecule has 3 heterocycles. The lowest BCUT2D eigenvalue weighted by atomic mass is 9.93. The van der Waals surface area contributed by atoms with Crippen molar-refractivity contribution in [2.45, 2.75) is 19.3 Å². The highest BCUT2D eigenvalue weighted by Crippen LogP contribution is 2.22. The normalized spacial score (nSPS) is 15.6. The average molecular weight is 347 g/mol. The molecule has 1 aliphatic heterocycles. The quantitative estimate of drug-likeness (QED) is 0.897. The van der Waals surface area contributed by atoms with Gasteiger partial charge in [-0.1, -0.05) is 0 Å². The minimum atomic E-state index is -0.117. The summed E-state index contributed by atoms with van der Waals surface area (Å²) >= 11 is 1.59. The van der Waals surface area contributed by atoms with Crippen LogP contribution >= 0.6 is 11.3 Å². The summed E-state index contributed by atoms with van der Waals surface area (Å²) in [5.41, 5.74) is 1.59. The molecule has 0 saturated carbocycles. The Balaban J connectivity index is 1.63. The Morgan fingerprint density at radius 1 is 1.46 bits per heavy atom. The zero-order chi connectivity index (χ0) is 16.9. The van der Waals surface area contributed by atoms with Crippen molar-refractivity contribution in [3.05, 3.63) is 39.1 Å². The zero-order valence-corrected chi connectivity index (χ0v) is 14.5. The third-order valence-electron chi connectivity index (χ3n) is 4.32. The first-order valence-electron chi connectivity index (χ1n) is 8.05. The Bertz CT molecular complexity index is 734.